The monoisotopic (exact) mass is 313 g/mol. The van der Waals surface area contributed by atoms with Crippen LogP contribution in [-0.2, 0) is 6.42 Å². The molecule has 0 saturated heterocycles. The number of nitrogens with one attached hydrogen (secondary N) is 1. The van der Waals surface area contributed by atoms with E-state index in [0.29, 0.717) is 29.1 Å². The Hall–Kier alpha value is -1.52. The fraction of sp³-hybridized carbons (Fsp3) is 0.250. The van der Waals surface area contributed by atoms with Crippen molar-refractivity contribution in [3.05, 3.63) is 70.0 Å². The lowest BCUT2D eigenvalue weighted by Crippen LogP contribution is -2.23. The third-order valence-corrected chi connectivity index (χ3v) is 3.53. The number of likely N-dealkylation sites (N-methyl/N-ethyl adjacent to an activating group) is 1. The van der Waals surface area contributed by atoms with Crippen LogP contribution in [0.5, 0.6) is 0 Å². The molecule has 0 bridgehead atoms. The van der Waals surface area contributed by atoms with Gasteiger partial charge in [-0.05, 0) is 48.4 Å². The topological polar surface area (TPSA) is 12.0 Å². The third-order valence-electron chi connectivity index (χ3n) is 3.18. The van der Waals surface area contributed by atoms with Gasteiger partial charge in [-0.1, -0.05) is 24.6 Å². The second-order valence-electron chi connectivity index (χ2n) is 4.75. The van der Waals surface area contributed by atoms with Crippen LogP contribution in [0.1, 0.15) is 24.1 Å². The average Bonchev–Trinajstić information content (AvgIpc) is 2.40. The van der Waals surface area contributed by atoms with Crippen LogP contribution in [0.4, 0.5) is 13.2 Å². The quantitative estimate of drug-likeness (QED) is 0.847. The zero-order valence-electron chi connectivity index (χ0n) is 11.5. The molecule has 1 nitrogen and oxygen atoms in total. The van der Waals surface area contributed by atoms with E-state index in [-0.39, 0.29) is 6.04 Å². The maximum atomic E-state index is 13.4. The number of hydrogen-bond acceptors (Lipinski definition) is 1. The van der Waals surface area contributed by atoms with Crippen molar-refractivity contribution in [2.24, 2.45) is 0 Å². The minimum absolute atomic E-state index is 0.301. The van der Waals surface area contributed by atoms with E-state index in [9.17, 15) is 13.2 Å². The van der Waals surface area contributed by atoms with Crippen LogP contribution < -0.4 is 5.32 Å². The van der Waals surface area contributed by atoms with Crippen molar-refractivity contribution in [3.8, 4) is 0 Å². The Morgan fingerprint density at radius 2 is 1.67 bits per heavy atom. The Bertz CT molecular complexity index is 611. The summed E-state index contributed by atoms with van der Waals surface area (Å²) in [6, 6.07) is 7.22. The van der Waals surface area contributed by atoms with Crippen molar-refractivity contribution in [1.82, 2.24) is 5.32 Å². The molecule has 112 valence electrons. The van der Waals surface area contributed by atoms with Gasteiger partial charge in [-0.3, -0.25) is 0 Å². The molecular weight excluding hydrogens is 299 g/mol. The fourth-order valence-corrected chi connectivity index (χ4v) is 2.48. The minimum Gasteiger partial charge on any atom is -0.310 e. The second-order valence-corrected chi connectivity index (χ2v) is 5.16. The smallest absolute Gasteiger partial charge is 0.126 e. The summed E-state index contributed by atoms with van der Waals surface area (Å²) >= 11 is 6.01. The zero-order valence-corrected chi connectivity index (χ0v) is 12.2. The molecular formula is C16H15ClF3N. The summed E-state index contributed by atoms with van der Waals surface area (Å²) in [6.45, 7) is 2.52. The first kappa shape index (κ1) is 15.9. The number of halogens is 4. The SMILES string of the molecule is CCNC(Cc1ccc(F)cc1Cl)c1cc(F)cc(F)c1. The molecule has 0 radical (unpaired) electrons. The first-order valence-electron chi connectivity index (χ1n) is 6.63. The average molecular weight is 314 g/mol. The van der Waals surface area contributed by atoms with Gasteiger partial charge in [0.15, 0.2) is 0 Å². The molecule has 0 aromatic heterocycles. The highest BCUT2D eigenvalue weighted by Gasteiger charge is 2.15. The highest BCUT2D eigenvalue weighted by atomic mass is 35.5. The first-order chi connectivity index (χ1) is 9.99. The van der Waals surface area contributed by atoms with Crippen molar-refractivity contribution < 1.29 is 13.2 Å². The van der Waals surface area contributed by atoms with E-state index in [1.54, 1.807) is 6.07 Å². The van der Waals surface area contributed by atoms with E-state index in [1.807, 2.05) is 6.92 Å². The van der Waals surface area contributed by atoms with Crippen LogP contribution in [0.3, 0.4) is 0 Å². The molecule has 2 aromatic carbocycles. The van der Waals surface area contributed by atoms with Gasteiger partial charge in [0.2, 0.25) is 0 Å². The summed E-state index contributed by atoms with van der Waals surface area (Å²) in [5.74, 6) is -1.67. The van der Waals surface area contributed by atoms with Crippen LogP contribution in [0, 0.1) is 17.5 Å². The Morgan fingerprint density at radius 3 is 2.24 bits per heavy atom. The lowest BCUT2D eigenvalue weighted by Gasteiger charge is -2.19. The van der Waals surface area contributed by atoms with E-state index in [1.165, 1.54) is 24.3 Å². The number of rotatable bonds is 5. The molecule has 0 spiro atoms. The highest BCUT2D eigenvalue weighted by molar-refractivity contribution is 6.31. The van der Waals surface area contributed by atoms with Gasteiger partial charge in [0.25, 0.3) is 0 Å². The summed E-state index contributed by atoms with van der Waals surface area (Å²) in [7, 11) is 0. The van der Waals surface area contributed by atoms with Gasteiger partial charge in [-0.2, -0.15) is 0 Å². The molecule has 21 heavy (non-hydrogen) atoms. The molecule has 0 aliphatic rings. The van der Waals surface area contributed by atoms with Gasteiger partial charge in [0.1, 0.15) is 17.5 Å². The van der Waals surface area contributed by atoms with E-state index in [2.05, 4.69) is 5.32 Å². The first-order valence-corrected chi connectivity index (χ1v) is 7.00. The van der Waals surface area contributed by atoms with E-state index < -0.39 is 17.5 Å². The Labute approximate surface area is 126 Å². The van der Waals surface area contributed by atoms with Gasteiger partial charge in [0.05, 0.1) is 0 Å². The molecule has 2 aromatic rings. The molecule has 0 aliphatic heterocycles. The normalized spacial score (nSPS) is 12.4. The van der Waals surface area contributed by atoms with Gasteiger partial charge in [-0.15, -0.1) is 0 Å². The molecule has 5 heteroatoms. The molecule has 0 fully saturated rings. The third kappa shape index (κ3) is 4.22. The maximum absolute atomic E-state index is 13.4. The second kappa shape index (κ2) is 6.96. The summed E-state index contributed by atoms with van der Waals surface area (Å²) < 4.78 is 39.8. The minimum atomic E-state index is -0.627. The fourth-order valence-electron chi connectivity index (χ4n) is 2.24. The summed E-state index contributed by atoms with van der Waals surface area (Å²) in [6.07, 6.45) is 0.413. The number of benzene rings is 2. The Kier molecular flexibility index (Phi) is 5.26. The van der Waals surface area contributed by atoms with Gasteiger partial charge in [0, 0.05) is 17.1 Å². The summed E-state index contributed by atoms with van der Waals surface area (Å²) in [5, 5.41) is 3.46. The zero-order chi connectivity index (χ0) is 15.4. The largest absolute Gasteiger partial charge is 0.310 e. The van der Waals surface area contributed by atoms with Crippen LogP contribution in [-0.4, -0.2) is 6.54 Å². The van der Waals surface area contributed by atoms with E-state index in [4.69, 9.17) is 11.6 Å². The molecule has 1 unspecified atom stereocenters. The number of hydrogen-bond donors (Lipinski definition) is 1. The molecule has 0 aliphatic carbocycles. The molecule has 0 heterocycles. The molecule has 0 saturated carbocycles. The van der Waals surface area contributed by atoms with E-state index in [0.717, 1.165) is 6.07 Å². The van der Waals surface area contributed by atoms with Gasteiger partial charge < -0.3 is 5.32 Å². The molecule has 0 amide bonds. The van der Waals surface area contributed by atoms with Crippen molar-refractivity contribution in [2.75, 3.05) is 6.54 Å². The summed E-state index contributed by atoms with van der Waals surface area (Å²) in [4.78, 5) is 0. The van der Waals surface area contributed by atoms with Crippen LogP contribution in [0.25, 0.3) is 0 Å². The van der Waals surface area contributed by atoms with Crippen molar-refractivity contribution in [2.45, 2.75) is 19.4 Å². The van der Waals surface area contributed by atoms with Crippen molar-refractivity contribution in [3.63, 3.8) is 0 Å². The van der Waals surface area contributed by atoms with Crippen molar-refractivity contribution >= 4 is 11.6 Å². The van der Waals surface area contributed by atoms with Gasteiger partial charge >= 0.3 is 0 Å². The molecule has 1 atom stereocenters. The van der Waals surface area contributed by atoms with Gasteiger partial charge in [-0.25, -0.2) is 13.2 Å². The predicted octanol–water partition coefficient (Wildman–Crippen LogP) is 4.65. The predicted molar refractivity (Wildman–Crippen MR) is 77.9 cm³/mol. The highest BCUT2D eigenvalue weighted by Crippen LogP contribution is 2.25. The molecule has 1 N–H and O–H groups in total. The molecule has 2 rings (SSSR count). The standard InChI is InChI=1S/C16H15ClF3N/c1-2-21-16(11-5-13(19)8-14(20)6-11)7-10-3-4-12(18)9-15(10)17/h3-6,8-9,16,21H,2,7H2,1H3. The maximum Gasteiger partial charge on any atom is 0.126 e. The van der Waals surface area contributed by atoms with E-state index >= 15 is 0 Å². The Morgan fingerprint density at radius 1 is 1.00 bits per heavy atom. The lowest BCUT2D eigenvalue weighted by molar-refractivity contribution is 0.529. The Balaban J connectivity index is 2.30. The van der Waals surface area contributed by atoms with Crippen LogP contribution in [0.2, 0.25) is 5.02 Å². The lowest BCUT2D eigenvalue weighted by atomic mass is 9.98. The van der Waals surface area contributed by atoms with Crippen LogP contribution >= 0.6 is 11.6 Å². The van der Waals surface area contributed by atoms with Crippen LogP contribution in [0.15, 0.2) is 36.4 Å². The summed E-state index contributed by atoms with van der Waals surface area (Å²) in [5.41, 5.74) is 1.21. The van der Waals surface area contributed by atoms with Crippen molar-refractivity contribution in [1.29, 1.82) is 0 Å².